The topological polar surface area (TPSA) is 55.1 Å². The molecular weight excluding hydrogens is 261 g/mol. The molecule has 4 nitrogen and oxygen atoms in total. The number of hydrogen-bond acceptors (Lipinski definition) is 3. The Morgan fingerprint density at radius 3 is 2.68 bits per heavy atom. The van der Waals surface area contributed by atoms with Gasteiger partial charge in [0.05, 0.1) is 11.8 Å². The lowest BCUT2D eigenvalue weighted by atomic mass is 10.2. The molecule has 1 amide bonds. The molecule has 0 unspecified atom stereocenters. The summed E-state index contributed by atoms with van der Waals surface area (Å²) in [5.74, 6) is -0.674. The zero-order chi connectivity index (χ0) is 14.0. The second kappa shape index (κ2) is 4.75. The van der Waals surface area contributed by atoms with Gasteiger partial charge in [-0.05, 0) is 25.1 Å². The summed E-state index contributed by atoms with van der Waals surface area (Å²) >= 11 is 0. The highest BCUT2D eigenvalue weighted by Crippen LogP contribution is 2.30. The summed E-state index contributed by atoms with van der Waals surface area (Å²) in [5.41, 5.74) is -0.292. The summed E-state index contributed by atoms with van der Waals surface area (Å²) in [5, 5.41) is 5.75. The Bertz CT molecular complexity index is 605. The van der Waals surface area contributed by atoms with Crippen molar-refractivity contribution in [2.75, 3.05) is 5.32 Å². The molecule has 0 aliphatic heterocycles. The molecule has 2 aromatic rings. The minimum atomic E-state index is -4.46. The van der Waals surface area contributed by atoms with Crippen LogP contribution in [0, 0.1) is 6.92 Å². The Balaban J connectivity index is 2.21. The SMILES string of the molecule is Cc1cnoc1C(=O)Nc1cccc(C(F)(F)F)c1. The van der Waals surface area contributed by atoms with Crippen molar-refractivity contribution < 1.29 is 22.5 Å². The number of benzene rings is 1. The van der Waals surface area contributed by atoms with Crippen molar-refractivity contribution in [2.24, 2.45) is 0 Å². The molecule has 0 saturated heterocycles. The van der Waals surface area contributed by atoms with E-state index >= 15 is 0 Å². The third-order valence-corrected chi connectivity index (χ3v) is 2.40. The monoisotopic (exact) mass is 270 g/mol. The van der Waals surface area contributed by atoms with Gasteiger partial charge >= 0.3 is 6.18 Å². The number of hydrogen-bond donors (Lipinski definition) is 1. The molecule has 1 aromatic heterocycles. The van der Waals surface area contributed by atoms with Gasteiger partial charge in [0, 0.05) is 11.3 Å². The van der Waals surface area contributed by atoms with Crippen molar-refractivity contribution in [1.29, 1.82) is 0 Å². The Kier molecular flexibility index (Phi) is 3.28. The molecule has 19 heavy (non-hydrogen) atoms. The molecule has 1 aromatic carbocycles. The summed E-state index contributed by atoms with van der Waals surface area (Å²) in [6.45, 7) is 1.61. The second-order valence-electron chi connectivity index (χ2n) is 3.87. The Labute approximate surface area is 106 Å². The van der Waals surface area contributed by atoms with E-state index in [0.717, 1.165) is 12.1 Å². The highest BCUT2D eigenvalue weighted by Gasteiger charge is 2.30. The van der Waals surface area contributed by atoms with Crippen molar-refractivity contribution in [1.82, 2.24) is 5.16 Å². The van der Waals surface area contributed by atoms with Gasteiger partial charge < -0.3 is 9.84 Å². The molecule has 0 saturated carbocycles. The quantitative estimate of drug-likeness (QED) is 0.911. The molecule has 0 radical (unpaired) electrons. The molecule has 1 heterocycles. The average Bonchev–Trinajstić information content (AvgIpc) is 2.75. The first-order chi connectivity index (χ1) is 8.88. The van der Waals surface area contributed by atoms with E-state index in [9.17, 15) is 18.0 Å². The number of carbonyl (C=O) groups excluding carboxylic acids is 1. The average molecular weight is 270 g/mol. The molecular formula is C12H9F3N2O2. The number of aromatic nitrogens is 1. The molecule has 0 spiro atoms. The minimum absolute atomic E-state index is 0.0302. The normalized spacial score (nSPS) is 11.4. The van der Waals surface area contributed by atoms with E-state index in [1.807, 2.05) is 0 Å². The number of aryl methyl sites for hydroxylation is 1. The van der Waals surface area contributed by atoms with Gasteiger partial charge in [-0.25, -0.2) is 0 Å². The molecule has 1 N–H and O–H groups in total. The van der Waals surface area contributed by atoms with E-state index in [4.69, 9.17) is 4.52 Å². The zero-order valence-corrected chi connectivity index (χ0v) is 9.78. The van der Waals surface area contributed by atoms with Crippen molar-refractivity contribution in [3.63, 3.8) is 0 Å². The van der Waals surface area contributed by atoms with Crippen LogP contribution in [0.25, 0.3) is 0 Å². The number of halogens is 3. The number of carbonyl (C=O) groups is 1. The van der Waals surface area contributed by atoms with Crippen LogP contribution in [0.5, 0.6) is 0 Å². The number of nitrogens with zero attached hydrogens (tertiary/aromatic N) is 1. The molecule has 0 aliphatic rings. The van der Waals surface area contributed by atoms with Crippen LogP contribution in [0.15, 0.2) is 35.0 Å². The van der Waals surface area contributed by atoms with Gasteiger partial charge in [-0.2, -0.15) is 13.2 Å². The van der Waals surface area contributed by atoms with Crippen molar-refractivity contribution in [3.8, 4) is 0 Å². The maximum absolute atomic E-state index is 12.5. The Hall–Kier alpha value is -2.31. The smallest absolute Gasteiger partial charge is 0.351 e. The highest BCUT2D eigenvalue weighted by molar-refractivity contribution is 6.03. The number of amides is 1. The zero-order valence-electron chi connectivity index (χ0n) is 9.78. The van der Waals surface area contributed by atoms with E-state index in [-0.39, 0.29) is 11.4 Å². The predicted molar refractivity (Wildman–Crippen MR) is 60.6 cm³/mol. The fourth-order valence-electron chi connectivity index (χ4n) is 1.47. The van der Waals surface area contributed by atoms with Crippen LogP contribution in [0.1, 0.15) is 21.7 Å². The van der Waals surface area contributed by atoms with E-state index < -0.39 is 17.6 Å². The first-order valence-electron chi connectivity index (χ1n) is 5.28. The largest absolute Gasteiger partial charge is 0.416 e. The summed E-state index contributed by atoms with van der Waals surface area (Å²) in [6.07, 6.45) is -3.11. The third-order valence-electron chi connectivity index (χ3n) is 2.40. The van der Waals surface area contributed by atoms with E-state index in [1.165, 1.54) is 18.3 Å². The van der Waals surface area contributed by atoms with Crippen LogP contribution >= 0.6 is 0 Å². The summed E-state index contributed by atoms with van der Waals surface area (Å²) in [4.78, 5) is 11.7. The van der Waals surface area contributed by atoms with Crippen LogP contribution in [0.2, 0.25) is 0 Å². The maximum Gasteiger partial charge on any atom is 0.416 e. The lowest BCUT2D eigenvalue weighted by Crippen LogP contribution is -2.13. The van der Waals surface area contributed by atoms with Crippen LogP contribution in [-0.4, -0.2) is 11.1 Å². The molecule has 7 heteroatoms. The molecule has 0 aliphatic carbocycles. The van der Waals surface area contributed by atoms with Gasteiger partial charge in [-0.1, -0.05) is 11.2 Å². The van der Waals surface area contributed by atoms with Gasteiger partial charge in [0.25, 0.3) is 5.91 Å². The van der Waals surface area contributed by atoms with E-state index in [0.29, 0.717) is 5.56 Å². The number of rotatable bonds is 2. The van der Waals surface area contributed by atoms with Crippen LogP contribution in [0.3, 0.4) is 0 Å². The third kappa shape index (κ3) is 2.93. The fraction of sp³-hybridized carbons (Fsp3) is 0.167. The first-order valence-corrected chi connectivity index (χ1v) is 5.28. The maximum atomic E-state index is 12.5. The van der Waals surface area contributed by atoms with Gasteiger partial charge in [-0.15, -0.1) is 0 Å². The van der Waals surface area contributed by atoms with Gasteiger partial charge in [-0.3, -0.25) is 4.79 Å². The molecule has 0 bridgehead atoms. The van der Waals surface area contributed by atoms with Crippen LogP contribution in [0.4, 0.5) is 18.9 Å². The van der Waals surface area contributed by atoms with Crippen molar-refractivity contribution in [3.05, 3.63) is 47.3 Å². The van der Waals surface area contributed by atoms with Gasteiger partial charge in [0.15, 0.2) is 0 Å². The first kappa shape index (κ1) is 13.1. The summed E-state index contributed by atoms with van der Waals surface area (Å²) in [7, 11) is 0. The lowest BCUT2D eigenvalue weighted by molar-refractivity contribution is -0.137. The molecule has 100 valence electrons. The highest BCUT2D eigenvalue weighted by atomic mass is 19.4. The summed E-state index contributed by atoms with van der Waals surface area (Å²) < 4.78 is 42.2. The molecule has 0 atom stereocenters. The minimum Gasteiger partial charge on any atom is -0.351 e. The second-order valence-corrected chi connectivity index (χ2v) is 3.87. The molecule has 0 fully saturated rings. The van der Waals surface area contributed by atoms with Gasteiger partial charge in [0.2, 0.25) is 5.76 Å². The van der Waals surface area contributed by atoms with Gasteiger partial charge in [0.1, 0.15) is 0 Å². The lowest BCUT2D eigenvalue weighted by Gasteiger charge is -2.09. The van der Waals surface area contributed by atoms with Crippen LogP contribution in [-0.2, 0) is 6.18 Å². The predicted octanol–water partition coefficient (Wildman–Crippen LogP) is 3.25. The van der Waals surface area contributed by atoms with Crippen molar-refractivity contribution in [2.45, 2.75) is 13.1 Å². The Morgan fingerprint density at radius 2 is 2.11 bits per heavy atom. The number of anilines is 1. The standard InChI is InChI=1S/C12H9F3N2O2/c1-7-6-16-19-10(7)11(18)17-9-4-2-3-8(5-9)12(13,14)15/h2-6H,1H3,(H,17,18). The number of nitrogens with one attached hydrogen (secondary N) is 1. The fourth-order valence-corrected chi connectivity index (χ4v) is 1.47. The van der Waals surface area contributed by atoms with Crippen LogP contribution < -0.4 is 5.32 Å². The van der Waals surface area contributed by atoms with Crippen molar-refractivity contribution >= 4 is 11.6 Å². The van der Waals surface area contributed by atoms with E-state index in [1.54, 1.807) is 6.92 Å². The molecule has 2 rings (SSSR count). The van der Waals surface area contributed by atoms with E-state index in [2.05, 4.69) is 10.5 Å². The number of alkyl halides is 3. The summed E-state index contributed by atoms with van der Waals surface area (Å²) in [6, 6.07) is 4.35. The Morgan fingerprint density at radius 1 is 1.37 bits per heavy atom.